The molecule has 92 valence electrons. The van der Waals surface area contributed by atoms with Crippen molar-refractivity contribution in [2.45, 2.75) is 38.6 Å². The van der Waals surface area contributed by atoms with E-state index in [1.807, 2.05) is 0 Å². The van der Waals surface area contributed by atoms with Gasteiger partial charge in [-0.05, 0) is 48.9 Å². The Morgan fingerprint density at radius 2 is 2.18 bits per heavy atom. The first-order chi connectivity index (χ1) is 8.38. The minimum absolute atomic E-state index is 0.670. The van der Waals surface area contributed by atoms with Crippen molar-refractivity contribution in [3.8, 4) is 0 Å². The molecular weight excluding hydrogens is 208 g/mol. The van der Waals surface area contributed by atoms with E-state index in [4.69, 9.17) is 0 Å². The maximum Gasteiger partial charge on any atom is 0.0412 e. The lowest BCUT2D eigenvalue weighted by Gasteiger charge is -2.37. The van der Waals surface area contributed by atoms with Gasteiger partial charge < -0.3 is 10.2 Å². The molecule has 3 rings (SSSR count). The molecule has 1 N–H and O–H groups in total. The fraction of sp³-hybridized carbons (Fsp3) is 0.600. The first kappa shape index (κ1) is 11.1. The number of aryl methyl sites for hydroxylation is 2. The van der Waals surface area contributed by atoms with E-state index in [1.165, 1.54) is 31.4 Å². The van der Waals surface area contributed by atoms with Crippen molar-refractivity contribution >= 4 is 5.69 Å². The minimum Gasteiger partial charge on any atom is -0.366 e. The summed E-state index contributed by atoms with van der Waals surface area (Å²) in [6.45, 7) is 5.69. The third-order valence-corrected chi connectivity index (χ3v) is 4.24. The molecule has 1 saturated heterocycles. The maximum atomic E-state index is 3.50. The van der Waals surface area contributed by atoms with Crippen LogP contribution in [0.3, 0.4) is 0 Å². The topological polar surface area (TPSA) is 15.3 Å². The summed E-state index contributed by atoms with van der Waals surface area (Å²) < 4.78 is 0. The molecule has 1 atom stereocenters. The Morgan fingerprint density at radius 1 is 1.29 bits per heavy atom. The summed E-state index contributed by atoms with van der Waals surface area (Å²) in [4.78, 5) is 2.59. The molecule has 1 unspecified atom stereocenters. The van der Waals surface area contributed by atoms with Crippen LogP contribution in [0.2, 0.25) is 0 Å². The average molecular weight is 230 g/mol. The second-order valence-corrected chi connectivity index (χ2v) is 5.27. The number of anilines is 1. The van der Waals surface area contributed by atoms with Gasteiger partial charge in [0.15, 0.2) is 0 Å². The fourth-order valence-corrected chi connectivity index (χ4v) is 3.20. The Balaban J connectivity index is 1.87. The second kappa shape index (κ2) is 4.69. The predicted molar refractivity (Wildman–Crippen MR) is 72.8 cm³/mol. The van der Waals surface area contributed by atoms with E-state index >= 15 is 0 Å². The number of nitrogens with zero attached hydrogens (tertiary/aromatic N) is 1. The highest BCUT2D eigenvalue weighted by Gasteiger charge is 2.22. The molecule has 1 aromatic carbocycles. The number of nitrogens with one attached hydrogen (secondary N) is 1. The molecule has 0 amide bonds. The third-order valence-electron chi connectivity index (χ3n) is 4.24. The van der Waals surface area contributed by atoms with Crippen LogP contribution in [0.4, 0.5) is 5.69 Å². The number of hydrogen-bond donors (Lipinski definition) is 1. The van der Waals surface area contributed by atoms with Gasteiger partial charge in [-0.25, -0.2) is 0 Å². The Kier molecular flexibility index (Phi) is 3.06. The Hall–Kier alpha value is -1.02. The molecule has 1 fully saturated rings. The lowest BCUT2D eigenvalue weighted by Crippen LogP contribution is -2.51. The normalized spacial score (nSPS) is 23.8. The van der Waals surface area contributed by atoms with Crippen molar-refractivity contribution in [1.82, 2.24) is 5.32 Å². The van der Waals surface area contributed by atoms with Crippen LogP contribution in [-0.4, -0.2) is 25.7 Å². The quantitative estimate of drug-likeness (QED) is 0.839. The largest absolute Gasteiger partial charge is 0.366 e. The molecule has 1 aliphatic heterocycles. The maximum absolute atomic E-state index is 3.50. The molecule has 0 bridgehead atoms. The number of hydrogen-bond acceptors (Lipinski definition) is 2. The van der Waals surface area contributed by atoms with Gasteiger partial charge in [0.2, 0.25) is 0 Å². The molecule has 0 saturated carbocycles. The summed E-state index contributed by atoms with van der Waals surface area (Å²) in [5.41, 5.74) is 4.62. The van der Waals surface area contributed by atoms with Crippen LogP contribution in [0, 0.1) is 0 Å². The first-order valence-corrected chi connectivity index (χ1v) is 6.97. The van der Waals surface area contributed by atoms with Crippen molar-refractivity contribution in [3.63, 3.8) is 0 Å². The number of fused-ring (bicyclic) bond motifs is 1. The second-order valence-electron chi connectivity index (χ2n) is 5.27. The summed E-state index contributed by atoms with van der Waals surface area (Å²) in [5.74, 6) is 0. The van der Waals surface area contributed by atoms with Crippen molar-refractivity contribution < 1.29 is 0 Å². The van der Waals surface area contributed by atoms with Crippen molar-refractivity contribution in [2.75, 3.05) is 24.5 Å². The highest BCUT2D eigenvalue weighted by Crippen LogP contribution is 2.28. The molecule has 0 aromatic heterocycles. The zero-order valence-corrected chi connectivity index (χ0v) is 10.7. The van der Waals surface area contributed by atoms with E-state index < -0.39 is 0 Å². The SMILES string of the molecule is CCC1CNCCN1c1ccc2c(c1)CCC2. The van der Waals surface area contributed by atoms with Crippen molar-refractivity contribution in [2.24, 2.45) is 0 Å². The summed E-state index contributed by atoms with van der Waals surface area (Å²) >= 11 is 0. The van der Waals surface area contributed by atoms with Gasteiger partial charge in [0, 0.05) is 31.4 Å². The molecule has 0 spiro atoms. The fourth-order valence-electron chi connectivity index (χ4n) is 3.20. The Labute approximate surface area is 104 Å². The number of rotatable bonds is 2. The molecule has 0 radical (unpaired) electrons. The summed E-state index contributed by atoms with van der Waals surface area (Å²) in [7, 11) is 0. The molecule has 1 aromatic rings. The lowest BCUT2D eigenvalue weighted by molar-refractivity contribution is 0.466. The minimum atomic E-state index is 0.670. The molecular formula is C15H22N2. The molecule has 2 heteroatoms. The van der Waals surface area contributed by atoms with Crippen LogP contribution in [0.25, 0.3) is 0 Å². The zero-order chi connectivity index (χ0) is 11.7. The zero-order valence-electron chi connectivity index (χ0n) is 10.7. The van der Waals surface area contributed by atoms with E-state index in [2.05, 4.69) is 35.3 Å². The van der Waals surface area contributed by atoms with Gasteiger partial charge >= 0.3 is 0 Å². The summed E-state index contributed by atoms with van der Waals surface area (Å²) in [5, 5.41) is 3.50. The number of piperazine rings is 1. The van der Waals surface area contributed by atoms with Crippen LogP contribution in [0.15, 0.2) is 18.2 Å². The van der Waals surface area contributed by atoms with Crippen molar-refractivity contribution in [3.05, 3.63) is 29.3 Å². The molecule has 1 heterocycles. The highest BCUT2D eigenvalue weighted by molar-refractivity contribution is 5.53. The van der Waals surface area contributed by atoms with E-state index in [1.54, 1.807) is 11.1 Å². The summed E-state index contributed by atoms with van der Waals surface area (Å²) in [6.07, 6.45) is 5.14. The van der Waals surface area contributed by atoms with Gasteiger partial charge in [0.05, 0.1) is 0 Å². The average Bonchev–Trinajstić information content (AvgIpc) is 2.85. The molecule has 2 aliphatic rings. The third kappa shape index (κ3) is 2.06. The first-order valence-electron chi connectivity index (χ1n) is 6.97. The standard InChI is InChI=1S/C15H22N2/c1-2-14-11-16-8-9-17(14)15-7-6-12-4-3-5-13(12)10-15/h6-7,10,14,16H,2-5,8-9,11H2,1H3. The number of benzene rings is 1. The van der Waals surface area contributed by atoms with Gasteiger partial charge in [0.25, 0.3) is 0 Å². The molecule has 2 nitrogen and oxygen atoms in total. The monoisotopic (exact) mass is 230 g/mol. The van der Waals surface area contributed by atoms with E-state index in [0.29, 0.717) is 6.04 Å². The van der Waals surface area contributed by atoms with Gasteiger partial charge in [0.1, 0.15) is 0 Å². The van der Waals surface area contributed by atoms with Gasteiger partial charge in [-0.15, -0.1) is 0 Å². The van der Waals surface area contributed by atoms with E-state index in [-0.39, 0.29) is 0 Å². The smallest absolute Gasteiger partial charge is 0.0412 e. The van der Waals surface area contributed by atoms with E-state index in [0.717, 1.165) is 19.6 Å². The summed E-state index contributed by atoms with van der Waals surface area (Å²) in [6, 6.07) is 7.80. The van der Waals surface area contributed by atoms with Crippen molar-refractivity contribution in [1.29, 1.82) is 0 Å². The van der Waals surface area contributed by atoms with Gasteiger partial charge in [-0.3, -0.25) is 0 Å². The molecule has 1 aliphatic carbocycles. The van der Waals surface area contributed by atoms with Gasteiger partial charge in [-0.2, -0.15) is 0 Å². The lowest BCUT2D eigenvalue weighted by atomic mass is 10.1. The van der Waals surface area contributed by atoms with Crippen LogP contribution >= 0.6 is 0 Å². The predicted octanol–water partition coefficient (Wildman–Crippen LogP) is 2.36. The van der Waals surface area contributed by atoms with E-state index in [9.17, 15) is 0 Å². The Bertz CT molecular complexity index is 400. The van der Waals surface area contributed by atoms with Crippen LogP contribution in [-0.2, 0) is 12.8 Å². The van der Waals surface area contributed by atoms with Crippen LogP contribution < -0.4 is 10.2 Å². The van der Waals surface area contributed by atoms with Gasteiger partial charge in [-0.1, -0.05) is 13.0 Å². The molecule has 17 heavy (non-hydrogen) atoms. The highest BCUT2D eigenvalue weighted by atomic mass is 15.2. The Morgan fingerprint density at radius 3 is 3.06 bits per heavy atom. The van der Waals surface area contributed by atoms with Crippen LogP contribution in [0.1, 0.15) is 30.9 Å². The van der Waals surface area contributed by atoms with Crippen LogP contribution in [0.5, 0.6) is 0 Å².